The minimum absolute atomic E-state index is 0.557. The van der Waals surface area contributed by atoms with E-state index in [1.807, 2.05) is 11.3 Å². The molecule has 1 spiro atoms. The van der Waals surface area contributed by atoms with Gasteiger partial charge in [0.2, 0.25) is 0 Å². The Kier molecular flexibility index (Phi) is 7.43. The molecule has 6 aromatic carbocycles. The van der Waals surface area contributed by atoms with Gasteiger partial charge in [0.15, 0.2) is 0 Å². The maximum Gasteiger partial charge on any atom is 0.0711 e. The van der Waals surface area contributed by atoms with E-state index in [0.29, 0.717) is 0 Å². The summed E-state index contributed by atoms with van der Waals surface area (Å²) in [5.41, 5.74) is 16.8. The number of hydrogen-bond donors (Lipinski definition) is 0. The highest BCUT2D eigenvalue weighted by molar-refractivity contribution is 7.25. The van der Waals surface area contributed by atoms with Crippen LogP contribution in [0.4, 0.5) is 11.4 Å². The summed E-state index contributed by atoms with van der Waals surface area (Å²) >= 11 is 1.86. The van der Waals surface area contributed by atoms with Crippen molar-refractivity contribution in [3.63, 3.8) is 0 Å². The largest absolute Gasteiger partial charge is 0.314 e. The van der Waals surface area contributed by atoms with Gasteiger partial charge in [0.05, 0.1) is 22.5 Å². The summed E-state index contributed by atoms with van der Waals surface area (Å²) in [6.45, 7) is 11.8. The van der Waals surface area contributed by atoms with Crippen molar-refractivity contribution in [2.75, 3.05) is 4.90 Å². The number of allylic oxidation sites excluding steroid dienone is 4. The third-order valence-corrected chi connectivity index (χ3v) is 12.7. The highest BCUT2D eigenvalue weighted by Gasteiger charge is 2.52. The van der Waals surface area contributed by atoms with E-state index in [-0.39, 0.29) is 0 Å². The van der Waals surface area contributed by atoms with Gasteiger partial charge in [-0.3, -0.25) is 0 Å². The van der Waals surface area contributed by atoms with E-state index in [1.54, 1.807) is 0 Å². The minimum atomic E-state index is -0.557. The van der Waals surface area contributed by atoms with Crippen molar-refractivity contribution in [1.82, 2.24) is 4.98 Å². The summed E-state index contributed by atoms with van der Waals surface area (Å²) in [6.07, 6.45) is 2.29. The van der Waals surface area contributed by atoms with Crippen molar-refractivity contribution < 1.29 is 0 Å². The topological polar surface area (TPSA) is 16.1 Å². The molecule has 258 valence electrons. The number of anilines is 2. The van der Waals surface area contributed by atoms with Crippen LogP contribution in [0.1, 0.15) is 41.8 Å². The van der Waals surface area contributed by atoms with Gasteiger partial charge in [-0.1, -0.05) is 116 Å². The molecule has 1 atom stereocenters. The van der Waals surface area contributed by atoms with Gasteiger partial charge in [0.25, 0.3) is 0 Å². The molecule has 2 aromatic heterocycles. The summed E-state index contributed by atoms with van der Waals surface area (Å²) in [5, 5.41) is 2.62. The van der Waals surface area contributed by atoms with Gasteiger partial charge < -0.3 is 4.90 Å². The van der Waals surface area contributed by atoms with E-state index in [4.69, 9.17) is 11.6 Å². The van der Waals surface area contributed by atoms with E-state index in [1.165, 1.54) is 70.5 Å². The molecule has 3 heteroatoms. The second-order valence-corrected chi connectivity index (χ2v) is 15.6. The van der Waals surface area contributed by atoms with E-state index < -0.39 is 5.41 Å². The first kappa shape index (κ1) is 32.4. The van der Waals surface area contributed by atoms with Crippen LogP contribution in [0.2, 0.25) is 0 Å². The monoisotopic (exact) mass is 710 g/mol. The standard InChI is InChI=1S/C51H38N2S/c1-32-28-38(52-46(29-32)36-16-7-5-8-17-36)31-42-34(3)51(33(2)35(4)53(39-18-9-6-10-19-39)47-23-13-12-22-45(47)51)44-27-26-37(30-43(42)44)40-21-15-25-49-50(40)41-20-11-14-24-48(41)54-49/h5-31H,3H2,1-2,4H3/b42-31-. The fraction of sp³-hybridized carbons (Fsp3) is 0.0784. The molecule has 0 bridgehead atoms. The number of rotatable bonds is 4. The van der Waals surface area contributed by atoms with E-state index in [9.17, 15) is 0 Å². The molecule has 8 aromatic rings. The molecule has 1 aliphatic carbocycles. The summed E-state index contributed by atoms with van der Waals surface area (Å²) < 4.78 is 2.62. The molecular formula is C51H38N2S. The third-order valence-electron chi connectivity index (χ3n) is 11.6. The van der Waals surface area contributed by atoms with Crippen LogP contribution >= 0.6 is 11.3 Å². The first-order valence-corrected chi connectivity index (χ1v) is 19.4. The number of benzene rings is 6. The average molecular weight is 711 g/mol. The van der Waals surface area contributed by atoms with Crippen molar-refractivity contribution in [3.05, 3.63) is 209 Å². The third kappa shape index (κ3) is 4.75. The van der Waals surface area contributed by atoms with Crippen molar-refractivity contribution in [3.8, 4) is 22.4 Å². The SMILES string of the molecule is C=C1/C(=C/c2cc(C)cc(-c3ccccc3)n2)c2cc(-c3cccc4sc5ccccc5c34)ccc2C12C(C)=C(C)N(c1ccccc1)c1ccccc12. The molecule has 0 amide bonds. The summed E-state index contributed by atoms with van der Waals surface area (Å²) in [4.78, 5) is 7.66. The van der Waals surface area contributed by atoms with Crippen LogP contribution < -0.4 is 4.90 Å². The molecule has 1 aliphatic heterocycles. The molecule has 0 saturated heterocycles. The zero-order valence-corrected chi connectivity index (χ0v) is 31.4. The lowest BCUT2D eigenvalue weighted by molar-refractivity contribution is 0.714. The van der Waals surface area contributed by atoms with Crippen molar-refractivity contribution in [2.45, 2.75) is 26.2 Å². The molecule has 3 heterocycles. The van der Waals surface area contributed by atoms with E-state index in [2.05, 4.69) is 189 Å². The van der Waals surface area contributed by atoms with Crippen LogP contribution in [-0.4, -0.2) is 4.98 Å². The van der Waals surface area contributed by atoms with Crippen LogP contribution in [0.5, 0.6) is 0 Å². The van der Waals surface area contributed by atoms with Crippen molar-refractivity contribution >= 4 is 54.5 Å². The fourth-order valence-corrected chi connectivity index (χ4v) is 10.2. The second-order valence-electron chi connectivity index (χ2n) is 14.5. The Morgan fingerprint density at radius 1 is 0.630 bits per heavy atom. The lowest BCUT2D eigenvalue weighted by atomic mass is 9.65. The average Bonchev–Trinajstić information content (AvgIpc) is 3.70. The fourth-order valence-electron chi connectivity index (χ4n) is 9.09. The van der Waals surface area contributed by atoms with Gasteiger partial charge in [-0.2, -0.15) is 0 Å². The summed E-state index contributed by atoms with van der Waals surface area (Å²) in [6, 6.07) is 57.1. The van der Waals surface area contributed by atoms with Gasteiger partial charge in [-0.25, -0.2) is 4.98 Å². The number of para-hydroxylation sites is 2. The minimum Gasteiger partial charge on any atom is -0.314 e. The number of nitrogens with zero attached hydrogens (tertiary/aromatic N) is 2. The van der Waals surface area contributed by atoms with Gasteiger partial charge in [-0.15, -0.1) is 11.3 Å². The molecule has 0 radical (unpaired) electrons. The van der Waals surface area contributed by atoms with Gasteiger partial charge in [0, 0.05) is 37.1 Å². The van der Waals surface area contributed by atoms with Crippen LogP contribution in [0, 0.1) is 6.92 Å². The molecular weight excluding hydrogens is 673 g/mol. The molecule has 0 N–H and O–H groups in total. The van der Waals surface area contributed by atoms with Crippen LogP contribution in [-0.2, 0) is 5.41 Å². The number of pyridine rings is 1. The zero-order valence-electron chi connectivity index (χ0n) is 30.6. The lowest BCUT2D eigenvalue weighted by Crippen LogP contribution is -2.37. The molecule has 1 unspecified atom stereocenters. The highest BCUT2D eigenvalue weighted by Crippen LogP contribution is 2.62. The van der Waals surface area contributed by atoms with Crippen LogP contribution in [0.15, 0.2) is 181 Å². The van der Waals surface area contributed by atoms with Crippen LogP contribution in [0.25, 0.3) is 54.2 Å². The van der Waals surface area contributed by atoms with Crippen molar-refractivity contribution in [2.24, 2.45) is 0 Å². The Bertz CT molecular complexity index is 2880. The lowest BCUT2D eigenvalue weighted by Gasteiger charge is -2.45. The smallest absolute Gasteiger partial charge is 0.0711 e. The first-order valence-electron chi connectivity index (χ1n) is 18.6. The molecule has 10 rings (SSSR count). The maximum atomic E-state index is 5.25. The molecule has 54 heavy (non-hydrogen) atoms. The Morgan fingerprint density at radius 3 is 2.19 bits per heavy atom. The predicted molar refractivity (Wildman–Crippen MR) is 230 cm³/mol. The Labute approximate surface area is 320 Å². The summed E-state index contributed by atoms with van der Waals surface area (Å²) in [5.74, 6) is 0. The molecule has 2 aliphatic rings. The van der Waals surface area contributed by atoms with E-state index >= 15 is 0 Å². The van der Waals surface area contributed by atoms with Gasteiger partial charge >= 0.3 is 0 Å². The maximum absolute atomic E-state index is 5.25. The van der Waals surface area contributed by atoms with Crippen LogP contribution in [0.3, 0.4) is 0 Å². The number of fused-ring (bicyclic) bond motifs is 7. The number of aromatic nitrogens is 1. The summed E-state index contributed by atoms with van der Waals surface area (Å²) in [7, 11) is 0. The molecule has 0 saturated carbocycles. The van der Waals surface area contributed by atoms with Gasteiger partial charge in [0.1, 0.15) is 0 Å². The highest BCUT2D eigenvalue weighted by atomic mass is 32.1. The van der Waals surface area contributed by atoms with E-state index in [0.717, 1.165) is 33.8 Å². The Balaban J connectivity index is 1.25. The normalized spacial score (nSPS) is 17.2. The first-order chi connectivity index (χ1) is 26.4. The number of thiophene rings is 1. The Morgan fingerprint density at radius 2 is 1.35 bits per heavy atom. The zero-order chi connectivity index (χ0) is 36.6. The second kappa shape index (κ2) is 12.4. The Hall–Kier alpha value is -6.29. The molecule has 2 nitrogen and oxygen atoms in total. The van der Waals surface area contributed by atoms with Gasteiger partial charge in [-0.05, 0) is 125 Å². The predicted octanol–water partition coefficient (Wildman–Crippen LogP) is 13.9. The molecule has 0 fully saturated rings. The quantitative estimate of drug-likeness (QED) is 0.181. The number of hydrogen-bond acceptors (Lipinski definition) is 3. The van der Waals surface area contributed by atoms with Crippen molar-refractivity contribution in [1.29, 1.82) is 0 Å². The number of aryl methyl sites for hydroxylation is 1.